The molecule has 2 aromatic heterocycles. The third-order valence-electron chi connectivity index (χ3n) is 6.12. The summed E-state index contributed by atoms with van der Waals surface area (Å²) in [5, 5.41) is 9.87. The monoisotopic (exact) mass is 368 g/mol. The number of hydrogen-bond acceptors (Lipinski definition) is 2. The minimum Gasteiger partial charge on any atom is -0.241 e. The quantitative estimate of drug-likeness (QED) is 0.437. The van der Waals surface area contributed by atoms with Crippen molar-refractivity contribution in [2.24, 2.45) is 0 Å². The van der Waals surface area contributed by atoms with E-state index in [0.29, 0.717) is 0 Å². The Labute approximate surface area is 165 Å². The van der Waals surface area contributed by atoms with Gasteiger partial charge >= 0.3 is 0 Å². The van der Waals surface area contributed by atoms with E-state index in [-0.39, 0.29) is 10.8 Å². The molecule has 0 fully saturated rings. The van der Waals surface area contributed by atoms with Crippen molar-refractivity contribution in [1.29, 1.82) is 0 Å². The van der Waals surface area contributed by atoms with Crippen molar-refractivity contribution in [1.82, 2.24) is 19.6 Å². The van der Waals surface area contributed by atoms with Crippen LogP contribution in [0, 0.1) is 0 Å². The van der Waals surface area contributed by atoms with E-state index in [0.717, 1.165) is 22.8 Å². The Morgan fingerprint density at radius 2 is 1.04 bits per heavy atom. The summed E-state index contributed by atoms with van der Waals surface area (Å²) < 4.78 is 3.95. The maximum atomic E-state index is 4.94. The van der Waals surface area contributed by atoms with Gasteiger partial charge in [0, 0.05) is 23.2 Å². The van der Waals surface area contributed by atoms with Gasteiger partial charge in [0.25, 0.3) is 0 Å². The summed E-state index contributed by atoms with van der Waals surface area (Å²) in [5.41, 5.74) is 6.25. The predicted molar refractivity (Wildman–Crippen MR) is 111 cm³/mol. The van der Waals surface area contributed by atoms with Crippen molar-refractivity contribution in [3.05, 3.63) is 95.6 Å². The average molecular weight is 368 g/mol. The van der Waals surface area contributed by atoms with E-state index < -0.39 is 0 Å². The Kier molecular flexibility index (Phi) is 3.45. The zero-order valence-corrected chi connectivity index (χ0v) is 16.7. The molecule has 0 aliphatic carbocycles. The SMILES string of the molecule is CC1(C)c2cccc(c2)-n2ccc(n2)C(C)(C)c2cccc(c2)-n2ccc1n2. The van der Waals surface area contributed by atoms with Crippen LogP contribution in [0.5, 0.6) is 0 Å². The van der Waals surface area contributed by atoms with Gasteiger partial charge in [-0.15, -0.1) is 0 Å². The highest BCUT2D eigenvalue weighted by Crippen LogP contribution is 2.34. The molecule has 1 aliphatic rings. The van der Waals surface area contributed by atoms with Crippen LogP contribution in [-0.4, -0.2) is 19.6 Å². The van der Waals surface area contributed by atoms with Gasteiger partial charge in [0.2, 0.25) is 0 Å². The smallest absolute Gasteiger partial charge is 0.0728 e. The Hall–Kier alpha value is -3.14. The van der Waals surface area contributed by atoms with Gasteiger partial charge in [-0.05, 0) is 47.5 Å². The highest BCUT2D eigenvalue weighted by molar-refractivity contribution is 5.46. The highest BCUT2D eigenvalue weighted by Gasteiger charge is 2.29. The van der Waals surface area contributed by atoms with Crippen molar-refractivity contribution in [2.75, 3.05) is 0 Å². The van der Waals surface area contributed by atoms with Crippen LogP contribution in [-0.2, 0) is 10.8 Å². The Bertz CT molecular complexity index is 1080. The molecule has 1 aliphatic heterocycles. The maximum Gasteiger partial charge on any atom is 0.0728 e. The fourth-order valence-electron chi connectivity index (χ4n) is 3.97. The molecule has 2 aromatic carbocycles. The van der Waals surface area contributed by atoms with Crippen molar-refractivity contribution >= 4 is 0 Å². The maximum absolute atomic E-state index is 4.94. The summed E-state index contributed by atoms with van der Waals surface area (Å²) >= 11 is 0. The molecule has 0 radical (unpaired) electrons. The zero-order valence-electron chi connectivity index (χ0n) is 16.7. The van der Waals surface area contributed by atoms with E-state index in [1.54, 1.807) is 0 Å². The van der Waals surface area contributed by atoms with Gasteiger partial charge in [-0.3, -0.25) is 0 Å². The van der Waals surface area contributed by atoms with E-state index in [9.17, 15) is 0 Å². The molecular weight excluding hydrogens is 344 g/mol. The van der Waals surface area contributed by atoms with Crippen LogP contribution in [0.4, 0.5) is 0 Å². The number of benzene rings is 2. The number of aromatic nitrogens is 4. The molecule has 0 saturated heterocycles. The van der Waals surface area contributed by atoms with Gasteiger partial charge < -0.3 is 0 Å². The fourth-order valence-corrected chi connectivity index (χ4v) is 3.97. The van der Waals surface area contributed by atoms with Crippen LogP contribution >= 0.6 is 0 Å². The Balaban J connectivity index is 1.82. The molecule has 140 valence electrons. The van der Waals surface area contributed by atoms with Gasteiger partial charge in [0.05, 0.1) is 22.8 Å². The van der Waals surface area contributed by atoms with Crippen LogP contribution in [0.15, 0.2) is 73.1 Å². The second-order valence-electron chi connectivity index (χ2n) is 8.64. The number of rotatable bonds is 0. The van der Waals surface area contributed by atoms with Crippen LogP contribution in [0.3, 0.4) is 0 Å². The van der Waals surface area contributed by atoms with Crippen molar-refractivity contribution in [3.63, 3.8) is 0 Å². The fraction of sp³-hybridized carbons (Fsp3) is 0.250. The molecule has 0 saturated carbocycles. The lowest BCUT2D eigenvalue weighted by Crippen LogP contribution is -2.22. The van der Waals surface area contributed by atoms with Gasteiger partial charge in [-0.2, -0.15) is 10.2 Å². The van der Waals surface area contributed by atoms with Gasteiger partial charge in [-0.1, -0.05) is 52.0 Å². The minimum atomic E-state index is -0.210. The summed E-state index contributed by atoms with van der Waals surface area (Å²) in [6, 6.07) is 21.4. The van der Waals surface area contributed by atoms with E-state index in [1.165, 1.54) is 11.1 Å². The second-order valence-corrected chi connectivity index (χ2v) is 8.64. The summed E-state index contributed by atoms with van der Waals surface area (Å²) in [6.07, 6.45) is 4.11. The lowest BCUT2D eigenvalue weighted by molar-refractivity contribution is 0.594. The van der Waals surface area contributed by atoms with Crippen LogP contribution in [0.1, 0.15) is 50.2 Å². The Morgan fingerprint density at radius 1 is 0.607 bits per heavy atom. The number of nitrogens with zero attached hydrogens (tertiary/aromatic N) is 4. The molecular formula is C24H24N4. The first kappa shape index (κ1) is 17.0. The van der Waals surface area contributed by atoms with Crippen molar-refractivity contribution in [3.8, 4) is 11.4 Å². The molecule has 5 rings (SSSR count). The molecule has 0 atom stereocenters. The third-order valence-corrected chi connectivity index (χ3v) is 6.12. The lowest BCUT2D eigenvalue weighted by Gasteiger charge is -2.25. The summed E-state index contributed by atoms with van der Waals surface area (Å²) in [7, 11) is 0. The average Bonchev–Trinajstić information content (AvgIpc) is 3.38. The largest absolute Gasteiger partial charge is 0.241 e. The van der Waals surface area contributed by atoms with Gasteiger partial charge in [-0.25, -0.2) is 9.36 Å². The first-order chi connectivity index (χ1) is 13.4. The molecule has 0 amide bonds. The number of hydrogen-bond donors (Lipinski definition) is 0. The molecule has 0 N–H and O–H groups in total. The third kappa shape index (κ3) is 2.44. The molecule has 0 spiro atoms. The van der Waals surface area contributed by atoms with Crippen LogP contribution in [0.2, 0.25) is 0 Å². The van der Waals surface area contributed by atoms with Crippen molar-refractivity contribution in [2.45, 2.75) is 38.5 Å². The molecule has 8 bridgehead atoms. The van der Waals surface area contributed by atoms with Crippen molar-refractivity contribution < 1.29 is 0 Å². The topological polar surface area (TPSA) is 35.6 Å². The Morgan fingerprint density at radius 3 is 1.46 bits per heavy atom. The normalized spacial score (nSPS) is 16.4. The molecule has 0 unspecified atom stereocenters. The summed E-state index contributed by atoms with van der Waals surface area (Å²) in [5.74, 6) is 0. The highest BCUT2D eigenvalue weighted by atomic mass is 15.3. The van der Waals surface area contributed by atoms with E-state index in [1.807, 2.05) is 9.36 Å². The van der Waals surface area contributed by atoms with Gasteiger partial charge in [0.15, 0.2) is 0 Å². The second kappa shape index (κ2) is 5.68. The minimum absolute atomic E-state index is 0.210. The number of fused-ring (bicyclic) bond motifs is 10. The molecule has 4 nitrogen and oxygen atoms in total. The predicted octanol–water partition coefficient (Wildman–Crippen LogP) is 5.02. The van der Waals surface area contributed by atoms with E-state index >= 15 is 0 Å². The molecule has 28 heavy (non-hydrogen) atoms. The lowest BCUT2D eigenvalue weighted by atomic mass is 9.81. The molecule has 4 aromatic rings. The van der Waals surface area contributed by atoms with Crippen LogP contribution < -0.4 is 0 Å². The van der Waals surface area contributed by atoms with Crippen LogP contribution in [0.25, 0.3) is 11.4 Å². The first-order valence-corrected chi connectivity index (χ1v) is 9.70. The first-order valence-electron chi connectivity index (χ1n) is 9.70. The standard InChI is InChI=1S/C24H24N4/c1-23(2)17-7-5-9-19(15-17)28-14-12-22(26-28)24(3,4)18-8-6-10-20(16-18)27-13-11-21(23)25-27/h5-16H,1-4H3. The van der Waals surface area contributed by atoms with E-state index in [2.05, 4.69) is 101 Å². The zero-order chi connectivity index (χ0) is 19.5. The van der Waals surface area contributed by atoms with Gasteiger partial charge in [0.1, 0.15) is 0 Å². The summed E-state index contributed by atoms with van der Waals surface area (Å²) in [4.78, 5) is 0. The molecule has 3 heterocycles. The van der Waals surface area contributed by atoms with E-state index in [4.69, 9.17) is 10.2 Å². The summed E-state index contributed by atoms with van der Waals surface area (Å²) in [6.45, 7) is 8.88. The molecule has 4 heteroatoms.